The number of hydrogen-bond acceptors (Lipinski definition) is 8. The molecule has 164 valence electrons. The van der Waals surface area contributed by atoms with Crippen LogP contribution in [0.4, 0.5) is 5.13 Å². The van der Waals surface area contributed by atoms with Crippen LogP contribution in [0, 0.1) is 0 Å². The molecule has 32 heavy (non-hydrogen) atoms. The van der Waals surface area contributed by atoms with Crippen molar-refractivity contribution in [1.29, 1.82) is 0 Å². The number of amides is 1. The first-order valence-corrected chi connectivity index (χ1v) is 13.0. The zero-order valence-corrected chi connectivity index (χ0v) is 19.8. The van der Waals surface area contributed by atoms with Gasteiger partial charge in [0.25, 0.3) is 0 Å². The molecule has 1 aliphatic rings. The number of carbonyl (C=O) groups excluding carboxylic acids is 1. The lowest BCUT2D eigenvalue weighted by atomic mass is 10.1. The number of morpholine rings is 1. The lowest BCUT2D eigenvalue weighted by molar-refractivity contribution is -0.115. The summed E-state index contributed by atoms with van der Waals surface area (Å²) in [6.07, 6.45) is 0.234. The van der Waals surface area contributed by atoms with Gasteiger partial charge in [-0.05, 0) is 23.1 Å². The molecule has 0 radical (unpaired) electrons. The Labute approximate surface area is 198 Å². The minimum Gasteiger partial charge on any atom is -0.379 e. The van der Waals surface area contributed by atoms with E-state index in [2.05, 4.69) is 39.5 Å². The monoisotopic (exact) mass is 482 g/mol. The Kier molecular flexibility index (Phi) is 6.70. The van der Waals surface area contributed by atoms with E-state index in [0.717, 1.165) is 59.7 Å². The van der Waals surface area contributed by atoms with E-state index >= 15 is 0 Å². The summed E-state index contributed by atoms with van der Waals surface area (Å²) < 4.78 is 5.43. The quantitative estimate of drug-likeness (QED) is 0.401. The smallest absolute Gasteiger partial charge is 0.232 e. The van der Waals surface area contributed by atoms with E-state index < -0.39 is 0 Å². The van der Waals surface area contributed by atoms with E-state index in [1.165, 1.54) is 16.9 Å². The first-order chi connectivity index (χ1) is 15.7. The highest BCUT2D eigenvalue weighted by atomic mass is 32.1. The van der Waals surface area contributed by atoms with Gasteiger partial charge in [-0.25, -0.2) is 9.97 Å². The number of aromatic nitrogens is 2. The van der Waals surface area contributed by atoms with E-state index in [-0.39, 0.29) is 12.3 Å². The normalized spacial score (nSPS) is 14.5. The Morgan fingerprint density at radius 3 is 2.81 bits per heavy atom. The second-order valence-corrected chi connectivity index (χ2v) is 10.1. The number of rotatable bonds is 7. The average molecular weight is 483 g/mol. The highest BCUT2D eigenvalue weighted by Crippen LogP contribution is 2.29. The fourth-order valence-corrected chi connectivity index (χ4v) is 5.84. The summed E-state index contributed by atoms with van der Waals surface area (Å²) in [4.78, 5) is 25.2. The summed E-state index contributed by atoms with van der Waals surface area (Å²) in [7, 11) is 0. The lowest BCUT2D eigenvalue weighted by Crippen LogP contribution is -2.35. The number of anilines is 1. The molecule has 1 aromatic carbocycles. The van der Waals surface area contributed by atoms with Crippen LogP contribution in [-0.4, -0.2) is 47.1 Å². The second kappa shape index (κ2) is 10.0. The maximum atomic E-state index is 12.5. The fourth-order valence-electron chi connectivity index (χ4n) is 3.54. The van der Waals surface area contributed by atoms with Gasteiger partial charge in [-0.3, -0.25) is 9.69 Å². The molecule has 5 rings (SSSR count). The molecule has 0 saturated carbocycles. The molecule has 3 aromatic heterocycles. The van der Waals surface area contributed by atoms with Crippen molar-refractivity contribution in [1.82, 2.24) is 14.9 Å². The zero-order chi connectivity index (χ0) is 21.8. The maximum absolute atomic E-state index is 12.5. The van der Waals surface area contributed by atoms with Crippen LogP contribution in [0.2, 0.25) is 0 Å². The third kappa shape index (κ3) is 5.31. The molecule has 0 unspecified atom stereocenters. The number of nitrogens with one attached hydrogen (secondary N) is 1. The van der Waals surface area contributed by atoms with Gasteiger partial charge in [-0.15, -0.1) is 34.0 Å². The van der Waals surface area contributed by atoms with Crippen LogP contribution in [0.3, 0.4) is 0 Å². The van der Waals surface area contributed by atoms with Crippen LogP contribution in [0.1, 0.15) is 11.3 Å². The molecule has 9 heteroatoms. The Bertz CT molecular complexity index is 1180. The highest BCUT2D eigenvalue weighted by Gasteiger charge is 2.14. The van der Waals surface area contributed by atoms with E-state index in [1.54, 1.807) is 22.7 Å². The Balaban J connectivity index is 1.20. The molecule has 1 amide bonds. The molecular formula is C23H22N4O2S3. The van der Waals surface area contributed by atoms with Gasteiger partial charge in [0.15, 0.2) is 5.13 Å². The number of nitrogens with zero attached hydrogens (tertiary/aromatic N) is 3. The van der Waals surface area contributed by atoms with Crippen LogP contribution >= 0.6 is 34.0 Å². The van der Waals surface area contributed by atoms with Crippen LogP contribution in [0.25, 0.3) is 21.1 Å². The molecule has 0 bridgehead atoms. The van der Waals surface area contributed by atoms with Crippen LogP contribution < -0.4 is 5.32 Å². The van der Waals surface area contributed by atoms with Crippen LogP contribution in [0.5, 0.6) is 0 Å². The zero-order valence-electron chi connectivity index (χ0n) is 17.3. The van der Waals surface area contributed by atoms with Gasteiger partial charge in [-0.1, -0.05) is 24.3 Å². The fraction of sp³-hybridized carbons (Fsp3) is 0.261. The van der Waals surface area contributed by atoms with Crippen molar-refractivity contribution in [3.63, 3.8) is 0 Å². The van der Waals surface area contributed by atoms with Gasteiger partial charge in [0.1, 0.15) is 5.01 Å². The molecular weight excluding hydrogens is 460 g/mol. The summed E-state index contributed by atoms with van der Waals surface area (Å²) in [6.45, 7) is 4.45. The Morgan fingerprint density at radius 1 is 1.06 bits per heavy atom. The standard InChI is InChI=1S/C23H22N4O2S3/c28-21(26-23-25-19(15-32-23)20-5-2-10-30-20)12-18-14-31-22(24-18)17-4-1-3-16(11-17)13-27-6-8-29-9-7-27/h1-5,10-11,14-15H,6-9,12-13H2,(H,25,26,28). The summed E-state index contributed by atoms with van der Waals surface area (Å²) in [6, 6.07) is 12.5. The maximum Gasteiger partial charge on any atom is 0.232 e. The number of ether oxygens (including phenoxy) is 1. The first kappa shape index (κ1) is 21.4. The van der Waals surface area contributed by atoms with Gasteiger partial charge in [0.2, 0.25) is 5.91 Å². The molecule has 1 aliphatic heterocycles. The van der Waals surface area contributed by atoms with Crippen LogP contribution in [-0.2, 0) is 22.5 Å². The summed E-state index contributed by atoms with van der Waals surface area (Å²) in [5.41, 5.74) is 4.03. The number of thiazole rings is 2. The Morgan fingerprint density at radius 2 is 1.97 bits per heavy atom. The van der Waals surface area contributed by atoms with Gasteiger partial charge >= 0.3 is 0 Å². The topological polar surface area (TPSA) is 67.4 Å². The second-order valence-electron chi connectivity index (χ2n) is 7.47. The van der Waals surface area contributed by atoms with Crippen molar-refractivity contribution in [3.05, 3.63) is 63.8 Å². The number of benzene rings is 1. The van der Waals surface area contributed by atoms with Gasteiger partial charge < -0.3 is 10.1 Å². The van der Waals surface area contributed by atoms with E-state index in [0.29, 0.717) is 5.13 Å². The molecule has 4 aromatic rings. The molecule has 0 aliphatic carbocycles. The van der Waals surface area contributed by atoms with Crippen LogP contribution in [0.15, 0.2) is 52.5 Å². The molecule has 1 N–H and O–H groups in total. The van der Waals surface area contributed by atoms with Crippen molar-refractivity contribution >= 4 is 45.0 Å². The minimum atomic E-state index is -0.102. The van der Waals surface area contributed by atoms with E-state index in [9.17, 15) is 4.79 Å². The molecule has 4 heterocycles. The SMILES string of the molecule is O=C(Cc1csc(-c2cccc(CN3CCOCC3)c2)n1)Nc1nc(-c2cccs2)cs1. The van der Waals surface area contributed by atoms with Crippen molar-refractivity contribution < 1.29 is 9.53 Å². The predicted molar refractivity (Wildman–Crippen MR) is 131 cm³/mol. The lowest BCUT2D eigenvalue weighted by Gasteiger charge is -2.26. The third-order valence-electron chi connectivity index (χ3n) is 5.10. The van der Waals surface area contributed by atoms with E-state index in [1.807, 2.05) is 28.3 Å². The first-order valence-electron chi connectivity index (χ1n) is 10.4. The summed E-state index contributed by atoms with van der Waals surface area (Å²) in [5, 5.41) is 10.4. The molecule has 0 atom stereocenters. The molecule has 0 spiro atoms. The number of hydrogen-bond donors (Lipinski definition) is 1. The molecule has 1 fully saturated rings. The number of thiophene rings is 1. The summed E-state index contributed by atoms with van der Waals surface area (Å²) >= 11 is 4.65. The molecule has 1 saturated heterocycles. The largest absolute Gasteiger partial charge is 0.379 e. The predicted octanol–water partition coefficient (Wildman–Crippen LogP) is 5.01. The number of carbonyl (C=O) groups is 1. The minimum absolute atomic E-state index is 0.102. The Hall–Kier alpha value is -2.43. The van der Waals surface area contributed by atoms with Crippen molar-refractivity contribution in [2.45, 2.75) is 13.0 Å². The van der Waals surface area contributed by atoms with Crippen molar-refractivity contribution in [3.8, 4) is 21.1 Å². The van der Waals surface area contributed by atoms with Gasteiger partial charge in [0, 0.05) is 36.0 Å². The average Bonchev–Trinajstić information content (AvgIpc) is 3.57. The van der Waals surface area contributed by atoms with Gasteiger partial charge in [-0.2, -0.15) is 0 Å². The van der Waals surface area contributed by atoms with Crippen molar-refractivity contribution in [2.24, 2.45) is 0 Å². The molecule has 6 nitrogen and oxygen atoms in total. The summed E-state index contributed by atoms with van der Waals surface area (Å²) in [5.74, 6) is -0.102. The van der Waals surface area contributed by atoms with Gasteiger partial charge in [0.05, 0.1) is 35.9 Å². The van der Waals surface area contributed by atoms with Crippen molar-refractivity contribution in [2.75, 3.05) is 31.6 Å². The highest BCUT2D eigenvalue weighted by molar-refractivity contribution is 7.16. The third-order valence-corrected chi connectivity index (χ3v) is 7.69. The van der Waals surface area contributed by atoms with E-state index in [4.69, 9.17) is 9.72 Å².